The van der Waals surface area contributed by atoms with Crippen molar-refractivity contribution in [1.29, 1.82) is 5.26 Å². The molecule has 0 unspecified atom stereocenters. The fourth-order valence-corrected chi connectivity index (χ4v) is 2.04. The number of ether oxygens (including phenoxy) is 2. The van der Waals surface area contributed by atoms with Gasteiger partial charge in [0, 0.05) is 10.5 Å². The lowest BCUT2D eigenvalue weighted by Gasteiger charge is -2.11. The van der Waals surface area contributed by atoms with E-state index >= 15 is 0 Å². The molecule has 6 heteroatoms. The number of halogens is 2. The van der Waals surface area contributed by atoms with E-state index < -0.39 is 0 Å². The third-order valence-corrected chi connectivity index (χ3v) is 2.89. The summed E-state index contributed by atoms with van der Waals surface area (Å²) >= 11 is 3.40. The van der Waals surface area contributed by atoms with E-state index in [9.17, 15) is 0 Å². The molecule has 0 saturated carbocycles. The van der Waals surface area contributed by atoms with Crippen LogP contribution in [0.25, 0.3) is 0 Å². The summed E-state index contributed by atoms with van der Waals surface area (Å²) in [6, 6.07) is 5.36. The monoisotopic (exact) mass is 304 g/mol. The molecule has 1 heterocycles. The number of nitrogens with two attached hydrogens (primary N) is 1. The first-order chi connectivity index (χ1) is 7.22. The summed E-state index contributed by atoms with van der Waals surface area (Å²) in [6.07, 6.45) is 0.276. The molecule has 0 amide bonds. The Labute approximate surface area is 108 Å². The Morgan fingerprint density at radius 3 is 2.69 bits per heavy atom. The number of hydrogen-bond acceptors (Lipinski definition) is 4. The normalized spacial score (nSPS) is 13.8. The molecule has 16 heavy (non-hydrogen) atoms. The van der Waals surface area contributed by atoms with Crippen molar-refractivity contribution in [2.24, 2.45) is 5.73 Å². The molecule has 1 aliphatic heterocycles. The molecule has 1 aromatic carbocycles. The van der Waals surface area contributed by atoms with Crippen LogP contribution < -0.4 is 15.2 Å². The zero-order chi connectivity index (χ0) is 10.8. The van der Waals surface area contributed by atoms with Crippen molar-refractivity contribution in [2.45, 2.75) is 12.5 Å². The maximum atomic E-state index is 8.58. The molecule has 0 bridgehead atoms. The van der Waals surface area contributed by atoms with Gasteiger partial charge >= 0.3 is 0 Å². The van der Waals surface area contributed by atoms with Gasteiger partial charge in [-0.05, 0) is 17.7 Å². The van der Waals surface area contributed by atoms with Gasteiger partial charge in [0.25, 0.3) is 0 Å². The van der Waals surface area contributed by atoms with Crippen molar-refractivity contribution in [2.75, 3.05) is 6.79 Å². The number of fused-ring (bicyclic) bond motifs is 1. The van der Waals surface area contributed by atoms with Gasteiger partial charge in [0.2, 0.25) is 6.79 Å². The maximum absolute atomic E-state index is 8.58. The quantitative estimate of drug-likeness (QED) is 0.911. The minimum atomic E-state index is -0.307. The third-order valence-electron chi connectivity index (χ3n) is 2.20. The summed E-state index contributed by atoms with van der Waals surface area (Å²) in [5, 5.41) is 8.58. The van der Waals surface area contributed by atoms with Gasteiger partial charge < -0.3 is 15.2 Å². The van der Waals surface area contributed by atoms with Crippen molar-refractivity contribution >= 4 is 28.3 Å². The zero-order valence-corrected chi connectivity index (χ0v) is 10.7. The second kappa shape index (κ2) is 5.39. The fraction of sp³-hybridized carbons (Fsp3) is 0.300. The average Bonchev–Trinajstić information content (AvgIpc) is 2.63. The van der Waals surface area contributed by atoms with Gasteiger partial charge in [0.05, 0.1) is 12.5 Å². The van der Waals surface area contributed by atoms with E-state index in [0.717, 1.165) is 10.0 Å². The van der Waals surface area contributed by atoms with Gasteiger partial charge in [-0.2, -0.15) is 5.26 Å². The Morgan fingerprint density at radius 2 is 2.06 bits per heavy atom. The predicted molar refractivity (Wildman–Crippen MR) is 64.7 cm³/mol. The number of nitriles is 1. The van der Waals surface area contributed by atoms with Crippen LogP contribution in [-0.2, 0) is 0 Å². The fourth-order valence-electron chi connectivity index (χ4n) is 1.43. The minimum Gasteiger partial charge on any atom is -0.454 e. The smallest absolute Gasteiger partial charge is 0.231 e. The van der Waals surface area contributed by atoms with Gasteiger partial charge in [-0.1, -0.05) is 15.9 Å². The predicted octanol–water partition coefficient (Wildman–Crippen LogP) is 2.51. The van der Waals surface area contributed by atoms with Crippen LogP contribution in [0.2, 0.25) is 0 Å². The number of nitrogens with zero attached hydrogens (tertiary/aromatic N) is 1. The molecule has 1 aromatic rings. The summed E-state index contributed by atoms with van der Waals surface area (Å²) in [4.78, 5) is 0. The van der Waals surface area contributed by atoms with Crippen molar-refractivity contribution < 1.29 is 9.47 Å². The van der Waals surface area contributed by atoms with Crippen LogP contribution in [0.15, 0.2) is 16.6 Å². The SMILES string of the molecule is Cl.N#CC[C@H](N)c1cc2c(cc1Br)OCO2. The first-order valence-corrected chi connectivity index (χ1v) is 5.23. The molecule has 2 N–H and O–H groups in total. The molecule has 2 rings (SSSR count). The lowest BCUT2D eigenvalue weighted by Crippen LogP contribution is -2.09. The topological polar surface area (TPSA) is 68.3 Å². The van der Waals surface area contributed by atoms with E-state index in [0.29, 0.717) is 11.5 Å². The Morgan fingerprint density at radius 1 is 1.44 bits per heavy atom. The number of benzene rings is 1. The molecule has 0 saturated heterocycles. The largest absolute Gasteiger partial charge is 0.454 e. The molecule has 0 radical (unpaired) electrons. The summed E-state index contributed by atoms with van der Waals surface area (Å²) < 4.78 is 11.3. The molecule has 0 aromatic heterocycles. The lowest BCUT2D eigenvalue weighted by molar-refractivity contribution is 0.174. The van der Waals surface area contributed by atoms with Crippen LogP contribution in [0.3, 0.4) is 0 Å². The molecule has 1 atom stereocenters. The van der Waals surface area contributed by atoms with Crippen LogP contribution in [0.5, 0.6) is 11.5 Å². The molecule has 4 nitrogen and oxygen atoms in total. The highest BCUT2D eigenvalue weighted by atomic mass is 79.9. The molecule has 86 valence electrons. The van der Waals surface area contributed by atoms with E-state index in [-0.39, 0.29) is 31.7 Å². The van der Waals surface area contributed by atoms with Crippen molar-refractivity contribution in [3.8, 4) is 17.6 Å². The Balaban J connectivity index is 0.00000128. The first-order valence-electron chi connectivity index (χ1n) is 4.44. The lowest BCUT2D eigenvalue weighted by atomic mass is 10.0. The van der Waals surface area contributed by atoms with E-state index in [1.807, 2.05) is 18.2 Å². The van der Waals surface area contributed by atoms with E-state index in [2.05, 4.69) is 15.9 Å². The van der Waals surface area contributed by atoms with Crippen LogP contribution >= 0.6 is 28.3 Å². The highest BCUT2D eigenvalue weighted by Gasteiger charge is 2.19. The van der Waals surface area contributed by atoms with Crippen LogP contribution in [0.4, 0.5) is 0 Å². The second-order valence-electron chi connectivity index (χ2n) is 3.20. The molecular formula is C10H10BrClN2O2. The van der Waals surface area contributed by atoms with Crippen LogP contribution in [0, 0.1) is 11.3 Å². The molecule has 1 aliphatic rings. The van der Waals surface area contributed by atoms with Crippen LogP contribution in [-0.4, -0.2) is 6.79 Å². The summed E-state index contributed by atoms with van der Waals surface area (Å²) in [6.45, 7) is 0.235. The van der Waals surface area contributed by atoms with Gasteiger partial charge in [-0.15, -0.1) is 12.4 Å². The summed E-state index contributed by atoms with van der Waals surface area (Å²) in [7, 11) is 0. The Hall–Kier alpha value is -0.960. The number of hydrogen-bond donors (Lipinski definition) is 1. The minimum absolute atomic E-state index is 0. The van der Waals surface area contributed by atoms with E-state index in [1.54, 1.807) is 0 Å². The summed E-state index contributed by atoms with van der Waals surface area (Å²) in [5.41, 5.74) is 6.71. The number of rotatable bonds is 2. The molecule has 0 spiro atoms. The standard InChI is InChI=1S/C10H9BrN2O2.ClH/c11-7-4-10-9(14-5-15-10)3-6(7)8(13)1-2-12;/h3-4,8H,1,5,13H2;1H/t8-;/m0./s1. The highest BCUT2D eigenvalue weighted by Crippen LogP contribution is 2.38. The van der Waals surface area contributed by atoms with Crippen molar-refractivity contribution in [3.05, 3.63) is 22.2 Å². The van der Waals surface area contributed by atoms with Gasteiger partial charge in [0.1, 0.15) is 0 Å². The van der Waals surface area contributed by atoms with Gasteiger partial charge in [0.15, 0.2) is 11.5 Å². The zero-order valence-electron chi connectivity index (χ0n) is 8.27. The highest BCUT2D eigenvalue weighted by molar-refractivity contribution is 9.10. The first kappa shape index (κ1) is 13.1. The van der Waals surface area contributed by atoms with Crippen molar-refractivity contribution in [3.63, 3.8) is 0 Å². The third kappa shape index (κ3) is 2.40. The van der Waals surface area contributed by atoms with Crippen LogP contribution in [0.1, 0.15) is 18.0 Å². The maximum Gasteiger partial charge on any atom is 0.231 e. The molecule has 0 aliphatic carbocycles. The van der Waals surface area contributed by atoms with Gasteiger partial charge in [-0.25, -0.2) is 0 Å². The van der Waals surface area contributed by atoms with Crippen molar-refractivity contribution in [1.82, 2.24) is 0 Å². The average molecular weight is 306 g/mol. The second-order valence-corrected chi connectivity index (χ2v) is 4.05. The summed E-state index contributed by atoms with van der Waals surface area (Å²) in [5.74, 6) is 1.39. The Bertz CT molecular complexity index is 434. The molecule has 0 fully saturated rings. The van der Waals surface area contributed by atoms with E-state index in [1.165, 1.54) is 0 Å². The van der Waals surface area contributed by atoms with E-state index in [4.69, 9.17) is 20.5 Å². The van der Waals surface area contributed by atoms with Gasteiger partial charge in [-0.3, -0.25) is 0 Å². The molecular weight excluding hydrogens is 295 g/mol. The Kier molecular flexibility index (Phi) is 4.42.